The van der Waals surface area contributed by atoms with Gasteiger partial charge in [-0.1, -0.05) is 72.3 Å². The molecule has 0 aromatic heterocycles. The van der Waals surface area contributed by atoms with Crippen LogP contribution in [0.2, 0.25) is 0 Å². The van der Waals surface area contributed by atoms with Crippen molar-refractivity contribution in [3.8, 4) is 22.6 Å². The van der Waals surface area contributed by atoms with E-state index >= 15 is 0 Å². The molecule has 1 aliphatic rings. The summed E-state index contributed by atoms with van der Waals surface area (Å²) in [4.78, 5) is 0. The average molecular weight is 366 g/mol. The standard InChI is InChI=1S/C26H22O2/c1-17-11-13-18(14-12-17)22-15-19-7-3-4-8-20(19)26-23(22)16-25(28-26)21-9-5-6-10-24(21)27-2/h3-15,25H,16H2,1-2H3. The van der Waals surface area contributed by atoms with Crippen LogP contribution in [0.5, 0.6) is 11.5 Å². The number of methoxy groups -OCH3 is 1. The highest BCUT2D eigenvalue weighted by atomic mass is 16.5. The SMILES string of the molecule is COc1ccccc1C1Cc2c(-c3ccc(C)cc3)cc3ccccc3c2O1. The Morgan fingerprint density at radius 1 is 0.893 bits per heavy atom. The normalized spacial score (nSPS) is 15.3. The van der Waals surface area contributed by atoms with Crippen molar-refractivity contribution in [1.29, 1.82) is 0 Å². The van der Waals surface area contributed by atoms with Crippen LogP contribution in [0.25, 0.3) is 21.9 Å². The molecule has 4 aromatic carbocycles. The van der Waals surface area contributed by atoms with Crippen molar-refractivity contribution in [3.05, 3.63) is 95.6 Å². The molecule has 0 N–H and O–H groups in total. The molecule has 0 saturated heterocycles. The number of rotatable bonds is 3. The van der Waals surface area contributed by atoms with Gasteiger partial charge in [0.25, 0.3) is 0 Å². The Labute approximate surface area is 165 Å². The molecular weight excluding hydrogens is 344 g/mol. The topological polar surface area (TPSA) is 18.5 Å². The van der Waals surface area contributed by atoms with E-state index in [4.69, 9.17) is 9.47 Å². The second-order valence-electron chi connectivity index (χ2n) is 7.37. The van der Waals surface area contributed by atoms with Crippen LogP contribution in [0.15, 0.2) is 78.9 Å². The highest BCUT2D eigenvalue weighted by molar-refractivity contribution is 5.95. The predicted molar refractivity (Wildman–Crippen MR) is 114 cm³/mol. The van der Waals surface area contributed by atoms with Crippen LogP contribution in [0.3, 0.4) is 0 Å². The second kappa shape index (κ2) is 6.72. The first-order chi connectivity index (χ1) is 13.7. The van der Waals surface area contributed by atoms with Crippen molar-refractivity contribution in [2.24, 2.45) is 0 Å². The third-order valence-corrected chi connectivity index (χ3v) is 5.60. The summed E-state index contributed by atoms with van der Waals surface area (Å²) in [6.45, 7) is 2.12. The maximum absolute atomic E-state index is 6.55. The van der Waals surface area contributed by atoms with Gasteiger partial charge >= 0.3 is 0 Å². The number of hydrogen-bond acceptors (Lipinski definition) is 2. The summed E-state index contributed by atoms with van der Waals surface area (Å²) in [6, 6.07) is 27.7. The molecule has 4 aromatic rings. The van der Waals surface area contributed by atoms with E-state index in [2.05, 4.69) is 67.6 Å². The number of para-hydroxylation sites is 1. The van der Waals surface area contributed by atoms with E-state index in [0.717, 1.165) is 23.5 Å². The van der Waals surface area contributed by atoms with Crippen molar-refractivity contribution >= 4 is 10.8 Å². The Kier molecular flexibility index (Phi) is 4.05. The van der Waals surface area contributed by atoms with E-state index in [1.54, 1.807) is 7.11 Å². The van der Waals surface area contributed by atoms with Gasteiger partial charge in [0.05, 0.1) is 7.11 Å². The fraction of sp³-hybridized carbons (Fsp3) is 0.154. The summed E-state index contributed by atoms with van der Waals surface area (Å²) in [5.74, 6) is 1.88. The quantitative estimate of drug-likeness (QED) is 0.412. The van der Waals surface area contributed by atoms with Crippen LogP contribution in [0.4, 0.5) is 0 Å². The van der Waals surface area contributed by atoms with Gasteiger partial charge < -0.3 is 9.47 Å². The minimum absolute atomic E-state index is 0.0406. The Balaban J connectivity index is 1.69. The summed E-state index contributed by atoms with van der Waals surface area (Å²) in [5, 5.41) is 2.38. The molecule has 28 heavy (non-hydrogen) atoms. The van der Waals surface area contributed by atoms with Gasteiger partial charge in [0.1, 0.15) is 17.6 Å². The lowest BCUT2D eigenvalue weighted by Gasteiger charge is -2.15. The number of hydrogen-bond donors (Lipinski definition) is 0. The van der Waals surface area contributed by atoms with Crippen molar-refractivity contribution in [3.63, 3.8) is 0 Å². The van der Waals surface area contributed by atoms with Crippen LogP contribution < -0.4 is 9.47 Å². The van der Waals surface area contributed by atoms with Gasteiger partial charge in [-0.15, -0.1) is 0 Å². The van der Waals surface area contributed by atoms with Crippen LogP contribution in [0, 0.1) is 6.92 Å². The average Bonchev–Trinajstić information content (AvgIpc) is 3.19. The fourth-order valence-corrected chi connectivity index (χ4v) is 4.16. The van der Waals surface area contributed by atoms with Gasteiger partial charge in [0.2, 0.25) is 0 Å². The van der Waals surface area contributed by atoms with E-state index in [1.807, 2.05) is 18.2 Å². The molecule has 0 saturated carbocycles. The monoisotopic (exact) mass is 366 g/mol. The molecule has 0 bridgehead atoms. The number of fused-ring (bicyclic) bond motifs is 3. The molecule has 0 amide bonds. The molecule has 2 heteroatoms. The van der Waals surface area contributed by atoms with Gasteiger partial charge in [-0.25, -0.2) is 0 Å². The van der Waals surface area contributed by atoms with E-state index in [1.165, 1.54) is 33.0 Å². The minimum atomic E-state index is -0.0406. The third-order valence-electron chi connectivity index (χ3n) is 5.60. The summed E-state index contributed by atoms with van der Waals surface area (Å²) >= 11 is 0. The van der Waals surface area contributed by atoms with Crippen LogP contribution in [-0.2, 0) is 6.42 Å². The number of benzene rings is 4. The van der Waals surface area contributed by atoms with E-state index in [0.29, 0.717) is 0 Å². The van der Waals surface area contributed by atoms with Gasteiger partial charge in [-0.2, -0.15) is 0 Å². The van der Waals surface area contributed by atoms with Gasteiger partial charge in [0.15, 0.2) is 0 Å². The molecule has 2 nitrogen and oxygen atoms in total. The highest BCUT2D eigenvalue weighted by Crippen LogP contribution is 2.47. The molecule has 1 aliphatic heterocycles. The zero-order valence-corrected chi connectivity index (χ0v) is 16.1. The molecule has 1 atom stereocenters. The Morgan fingerprint density at radius 2 is 1.64 bits per heavy atom. The summed E-state index contributed by atoms with van der Waals surface area (Å²) < 4.78 is 12.1. The van der Waals surface area contributed by atoms with Gasteiger partial charge in [-0.3, -0.25) is 0 Å². The highest BCUT2D eigenvalue weighted by Gasteiger charge is 2.30. The summed E-state index contributed by atoms with van der Waals surface area (Å²) in [7, 11) is 1.72. The van der Waals surface area contributed by atoms with Crippen molar-refractivity contribution in [2.75, 3.05) is 7.11 Å². The van der Waals surface area contributed by atoms with Crippen molar-refractivity contribution in [1.82, 2.24) is 0 Å². The smallest absolute Gasteiger partial charge is 0.132 e. The molecule has 0 spiro atoms. The molecule has 0 fully saturated rings. The lowest BCUT2D eigenvalue weighted by molar-refractivity contribution is 0.234. The minimum Gasteiger partial charge on any atom is -0.496 e. The molecule has 1 unspecified atom stereocenters. The molecule has 5 rings (SSSR count). The Bertz CT molecular complexity index is 1160. The van der Waals surface area contributed by atoms with E-state index < -0.39 is 0 Å². The second-order valence-corrected chi connectivity index (χ2v) is 7.37. The Hall–Kier alpha value is -3.26. The molecule has 0 radical (unpaired) electrons. The van der Waals surface area contributed by atoms with Gasteiger partial charge in [-0.05, 0) is 35.6 Å². The lowest BCUT2D eigenvalue weighted by Crippen LogP contribution is -2.05. The Morgan fingerprint density at radius 3 is 2.46 bits per heavy atom. The number of aryl methyl sites for hydroxylation is 1. The first-order valence-electron chi connectivity index (χ1n) is 9.66. The molecular formula is C26H22O2. The first kappa shape index (κ1) is 16.9. The molecule has 0 aliphatic carbocycles. The largest absolute Gasteiger partial charge is 0.496 e. The van der Waals surface area contributed by atoms with Crippen LogP contribution >= 0.6 is 0 Å². The zero-order valence-electron chi connectivity index (χ0n) is 16.1. The third kappa shape index (κ3) is 2.73. The fourth-order valence-electron chi connectivity index (χ4n) is 4.16. The molecule has 138 valence electrons. The van der Waals surface area contributed by atoms with Crippen LogP contribution in [-0.4, -0.2) is 7.11 Å². The van der Waals surface area contributed by atoms with Crippen molar-refractivity contribution in [2.45, 2.75) is 19.4 Å². The maximum atomic E-state index is 6.55. The lowest BCUT2D eigenvalue weighted by atomic mass is 9.91. The summed E-state index contributed by atoms with van der Waals surface area (Å²) in [5.41, 5.74) is 6.13. The first-order valence-corrected chi connectivity index (χ1v) is 9.66. The number of ether oxygens (including phenoxy) is 2. The van der Waals surface area contributed by atoms with E-state index in [-0.39, 0.29) is 6.10 Å². The van der Waals surface area contributed by atoms with Gasteiger partial charge in [0, 0.05) is 22.9 Å². The van der Waals surface area contributed by atoms with E-state index in [9.17, 15) is 0 Å². The van der Waals surface area contributed by atoms with Crippen molar-refractivity contribution < 1.29 is 9.47 Å². The molecule has 1 heterocycles. The van der Waals surface area contributed by atoms with Crippen LogP contribution in [0.1, 0.15) is 22.8 Å². The maximum Gasteiger partial charge on any atom is 0.132 e. The predicted octanol–water partition coefficient (Wildman–Crippen LogP) is 6.50. The zero-order chi connectivity index (χ0) is 19.1. The summed E-state index contributed by atoms with van der Waals surface area (Å²) in [6.07, 6.45) is 0.796.